The summed E-state index contributed by atoms with van der Waals surface area (Å²) in [7, 11) is 0. The molecule has 37 heavy (non-hydrogen) atoms. The molecule has 0 aliphatic carbocycles. The van der Waals surface area contributed by atoms with Crippen molar-refractivity contribution in [2.45, 2.75) is 58.4 Å². The number of benzene rings is 3. The van der Waals surface area contributed by atoms with Crippen molar-refractivity contribution in [3.05, 3.63) is 106 Å². The standard InChI is InChI=1S/C31H37ClN2O2S/c1-4-5-14-33-31(36)29(19-25-10-7-6-8-11-25)34(20-26-12-9-13-28(32)18-26)30(35)22-37-21-27-16-23(2)15-24(3)17-27/h6-13,15-18,29H,4-5,14,19-22H2,1-3H3,(H,33,36)/t29-/m0/s1. The third-order valence-electron chi connectivity index (χ3n) is 6.12. The highest BCUT2D eigenvalue weighted by Crippen LogP contribution is 2.21. The van der Waals surface area contributed by atoms with Crippen LogP contribution in [0.25, 0.3) is 0 Å². The number of halogens is 1. The van der Waals surface area contributed by atoms with Gasteiger partial charge in [-0.1, -0.05) is 96.7 Å². The van der Waals surface area contributed by atoms with Crippen LogP contribution in [0.2, 0.25) is 5.02 Å². The number of carbonyl (C=O) groups excluding carboxylic acids is 2. The molecule has 0 spiro atoms. The Morgan fingerprint density at radius 3 is 2.30 bits per heavy atom. The molecule has 3 aromatic carbocycles. The Morgan fingerprint density at radius 1 is 0.919 bits per heavy atom. The first-order valence-corrected chi connectivity index (χ1v) is 14.4. The molecule has 0 aromatic heterocycles. The average Bonchev–Trinajstić information content (AvgIpc) is 2.86. The number of hydrogen-bond acceptors (Lipinski definition) is 3. The lowest BCUT2D eigenvalue weighted by molar-refractivity contribution is -0.139. The predicted octanol–water partition coefficient (Wildman–Crippen LogP) is 6.75. The largest absolute Gasteiger partial charge is 0.354 e. The zero-order valence-corrected chi connectivity index (χ0v) is 23.6. The van der Waals surface area contributed by atoms with Crippen molar-refractivity contribution < 1.29 is 9.59 Å². The number of rotatable bonds is 13. The van der Waals surface area contributed by atoms with Gasteiger partial charge in [0, 0.05) is 30.3 Å². The van der Waals surface area contributed by atoms with Crippen LogP contribution in [0, 0.1) is 13.8 Å². The van der Waals surface area contributed by atoms with Gasteiger partial charge in [-0.05, 0) is 49.1 Å². The molecule has 0 unspecified atom stereocenters. The van der Waals surface area contributed by atoms with Crippen LogP contribution in [-0.4, -0.2) is 35.1 Å². The fourth-order valence-corrected chi connectivity index (χ4v) is 5.44. The fourth-order valence-electron chi connectivity index (χ4n) is 4.38. The molecule has 6 heteroatoms. The monoisotopic (exact) mass is 536 g/mol. The first kappa shape index (κ1) is 28.8. The molecular formula is C31H37ClN2O2S. The maximum Gasteiger partial charge on any atom is 0.243 e. The second kappa shape index (κ2) is 14.8. The number of nitrogens with zero attached hydrogens (tertiary/aromatic N) is 1. The lowest BCUT2D eigenvalue weighted by Crippen LogP contribution is -2.51. The lowest BCUT2D eigenvalue weighted by atomic mass is 10.0. The van der Waals surface area contributed by atoms with E-state index < -0.39 is 6.04 Å². The number of thioether (sulfide) groups is 1. The van der Waals surface area contributed by atoms with E-state index in [0.29, 0.717) is 30.3 Å². The van der Waals surface area contributed by atoms with Gasteiger partial charge < -0.3 is 10.2 Å². The minimum atomic E-state index is -0.618. The minimum absolute atomic E-state index is 0.0547. The number of carbonyl (C=O) groups is 2. The summed E-state index contributed by atoms with van der Waals surface area (Å²) in [6, 6.07) is 23.2. The predicted molar refractivity (Wildman–Crippen MR) is 156 cm³/mol. The topological polar surface area (TPSA) is 49.4 Å². The molecule has 0 aliphatic rings. The highest BCUT2D eigenvalue weighted by atomic mass is 35.5. The molecular weight excluding hydrogens is 500 g/mol. The molecule has 0 radical (unpaired) electrons. The highest BCUT2D eigenvalue weighted by Gasteiger charge is 2.30. The first-order valence-electron chi connectivity index (χ1n) is 12.9. The zero-order valence-electron chi connectivity index (χ0n) is 22.0. The van der Waals surface area contributed by atoms with Crippen molar-refractivity contribution in [1.82, 2.24) is 10.2 Å². The summed E-state index contributed by atoms with van der Waals surface area (Å²) in [5, 5.41) is 3.68. The van der Waals surface area contributed by atoms with Gasteiger partial charge in [0.1, 0.15) is 6.04 Å². The summed E-state index contributed by atoms with van der Waals surface area (Å²) in [4.78, 5) is 28.9. The van der Waals surface area contributed by atoms with Crippen LogP contribution < -0.4 is 5.32 Å². The van der Waals surface area contributed by atoms with Crippen LogP contribution in [0.1, 0.15) is 47.6 Å². The molecule has 0 fully saturated rings. The molecule has 0 saturated heterocycles. The summed E-state index contributed by atoms with van der Waals surface area (Å²) < 4.78 is 0. The van der Waals surface area contributed by atoms with E-state index in [1.807, 2.05) is 54.6 Å². The number of nitrogens with one attached hydrogen (secondary N) is 1. The van der Waals surface area contributed by atoms with Gasteiger partial charge in [0.15, 0.2) is 0 Å². The third-order valence-corrected chi connectivity index (χ3v) is 7.34. The van der Waals surface area contributed by atoms with Crippen molar-refractivity contribution in [2.24, 2.45) is 0 Å². The second-order valence-electron chi connectivity index (χ2n) is 9.49. The highest BCUT2D eigenvalue weighted by molar-refractivity contribution is 7.99. The molecule has 2 amide bonds. The van der Waals surface area contributed by atoms with Gasteiger partial charge in [0.05, 0.1) is 5.75 Å². The van der Waals surface area contributed by atoms with Gasteiger partial charge in [-0.2, -0.15) is 0 Å². The molecule has 1 atom stereocenters. The smallest absolute Gasteiger partial charge is 0.243 e. The second-order valence-corrected chi connectivity index (χ2v) is 10.9. The molecule has 0 aliphatic heterocycles. The first-order chi connectivity index (χ1) is 17.9. The molecule has 3 aromatic rings. The Labute approximate surface area is 230 Å². The van der Waals surface area contributed by atoms with Gasteiger partial charge >= 0.3 is 0 Å². The van der Waals surface area contributed by atoms with E-state index in [0.717, 1.165) is 29.7 Å². The molecule has 196 valence electrons. The Kier molecular flexibility index (Phi) is 11.6. The summed E-state index contributed by atoms with van der Waals surface area (Å²) in [6.07, 6.45) is 2.34. The van der Waals surface area contributed by atoms with Crippen molar-refractivity contribution >= 4 is 35.2 Å². The van der Waals surface area contributed by atoms with E-state index in [2.05, 4.69) is 44.3 Å². The number of hydrogen-bond donors (Lipinski definition) is 1. The normalized spacial score (nSPS) is 11.7. The van der Waals surface area contributed by atoms with Crippen LogP contribution in [0.3, 0.4) is 0 Å². The van der Waals surface area contributed by atoms with E-state index in [9.17, 15) is 9.59 Å². The summed E-state index contributed by atoms with van der Waals surface area (Å²) in [6.45, 7) is 7.19. The van der Waals surface area contributed by atoms with Crippen molar-refractivity contribution in [3.8, 4) is 0 Å². The number of unbranched alkanes of at least 4 members (excludes halogenated alkanes) is 1. The molecule has 0 saturated carbocycles. The number of amides is 2. The Hall–Kier alpha value is -2.76. The quantitative estimate of drug-likeness (QED) is 0.246. The van der Waals surface area contributed by atoms with Gasteiger partial charge in [-0.3, -0.25) is 9.59 Å². The summed E-state index contributed by atoms with van der Waals surface area (Å²) in [5.74, 6) is 0.861. The van der Waals surface area contributed by atoms with Gasteiger partial charge in [-0.15, -0.1) is 11.8 Å². The van der Waals surface area contributed by atoms with E-state index in [-0.39, 0.29) is 11.8 Å². The Bertz CT molecular complexity index is 1150. The van der Waals surface area contributed by atoms with E-state index in [1.165, 1.54) is 16.7 Å². The molecule has 0 bridgehead atoms. The average molecular weight is 537 g/mol. The molecule has 1 N–H and O–H groups in total. The lowest BCUT2D eigenvalue weighted by Gasteiger charge is -2.31. The van der Waals surface area contributed by atoms with Crippen molar-refractivity contribution in [2.75, 3.05) is 12.3 Å². The minimum Gasteiger partial charge on any atom is -0.354 e. The maximum absolute atomic E-state index is 13.7. The molecule has 4 nitrogen and oxygen atoms in total. The molecule has 3 rings (SSSR count). The number of aryl methyl sites for hydroxylation is 2. The Balaban J connectivity index is 1.83. The maximum atomic E-state index is 13.7. The third kappa shape index (κ3) is 9.56. The van der Waals surface area contributed by atoms with E-state index >= 15 is 0 Å². The zero-order chi connectivity index (χ0) is 26.6. The Morgan fingerprint density at radius 2 is 1.62 bits per heavy atom. The van der Waals surface area contributed by atoms with Gasteiger partial charge in [-0.25, -0.2) is 0 Å². The van der Waals surface area contributed by atoms with E-state index in [1.54, 1.807) is 16.7 Å². The van der Waals surface area contributed by atoms with Crippen LogP contribution in [-0.2, 0) is 28.3 Å². The SMILES string of the molecule is CCCCNC(=O)[C@H](Cc1ccccc1)N(Cc1cccc(Cl)c1)C(=O)CSCc1cc(C)cc(C)c1. The fraction of sp³-hybridized carbons (Fsp3) is 0.355. The van der Waals surface area contributed by atoms with Crippen LogP contribution in [0.4, 0.5) is 0 Å². The van der Waals surface area contributed by atoms with Crippen LogP contribution >= 0.6 is 23.4 Å². The van der Waals surface area contributed by atoms with Gasteiger partial charge in [0.25, 0.3) is 0 Å². The van der Waals surface area contributed by atoms with Crippen LogP contribution in [0.5, 0.6) is 0 Å². The van der Waals surface area contributed by atoms with E-state index in [4.69, 9.17) is 11.6 Å². The van der Waals surface area contributed by atoms with Crippen molar-refractivity contribution in [3.63, 3.8) is 0 Å². The summed E-state index contributed by atoms with van der Waals surface area (Å²) >= 11 is 7.84. The van der Waals surface area contributed by atoms with Gasteiger partial charge in [0.2, 0.25) is 11.8 Å². The molecule has 0 heterocycles. The van der Waals surface area contributed by atoms with Crippen molar-refractivity contribution in [1.29, 1.82) is 0 Å². The van der Waals surface area contributed by atoms with Crippen LogP contribution in [0.15, 0.2) is 72.8 Å². The summed E-state index contributed by atoms with van der Waals surface area (Å²) in [5.41, 5.74) is 5.56.